The van der Waals surface area contributed by atoms with E-state index >= 15 is 0 Å². The maximum absolute atomic E-state index is 5.69. The molecule has 0 aliphatic carbocycles. The summed E-state index contributed by atoms with van der Waals surface area (Å²) in [4.78, 5) is 0. The number of benzene rings is 1. The lowest BCUT2D eigenvalue weighted by molar-refractivity contribution is 0.0596. The summed E-state index contributed by atoms with van der Waals surface area (Å²) in [6.45, 7) is 4.75. The topological polar surface area (TPSA) is 56.5 Å². The third-order valence-electron chi connectivity index (χ3n) is 2.98. The molecule has 1 aromatic rings. The Morgan fingerprint density at radius 3 is 2.56 bits per heavy atom. The van der Waals surface area contributed by atoms with Gasteiger partial charge in [0, 0.05) is 12.7 Å². The molecule has 2 atom stereocenters. The maximum atomic E-state index is 5.69. The quantitative estimate of drug-likeness (QED) is 0.551. The lowest BCUT2D eigenvalue weighted by Crippen LogP contribution is -2.37. The fourth-order valence-electron chi connectivity index (χ4n) is 2.13. The van der Waals surface area contributed by atoms with Crippen molar-refractivity contribution < 1.29 is 9.47 Å². The summed E-state index contributed by atoms with van der Waals surface area (Å²) >= 11 is 0. The van der Waals surface area contributed by atoms with Crippen molar-refractivity contribution in [2.24, 2.45) is 5.84 Å². The van der Waals surface area contributed by atoms with E-state index in [1.54, 1.807) is 7.11 Å². The first-order valence-corrected chi connectivity index (χ1v) is 6.49. The number of nitrogens with two attached hydrogens (primary N) is 1. The Labute approximate surface area is 109 Å². The Morgan fingerprint density at radius 2 is 2.00 bits per heavy atom. The van der Waals surface area contributed by atoms with Crippen LogP contribution >= 0.6 is 0 Å². The molecule has 0 amide bonds. The van der Waals surface area contributed by atoms with Crippen LogP contribution in [-0.4, -0.2) is 19.8 Å². The molecule has 0 aliphatic rings. The SMILES string of the molecule is CCCC(OC)C(NN)c1ccccc1OCC. The molecule has 0 spiro atoms. The molecule has 0 aromatic heterocycles. The zero-order chi connectivity index (χ0) is 13.4. The van der Waals surface area contributed by atoms with Crippen molar-refractivity contribution in [2.45, 2.75) is 38.8 Å². The zero-order valence-corrected chi connectivity index (χ0v) is 11.5. The molecular formula is C14H24N2O2. The van der Waals surface area contributed by atoms with Gasteiger partial charge in [-0.15, -0.1) is 0 Å². The molecule has 0 heterocycles. The molecule has 102 valence electrons. The van der Waals surface area contributed by atoms with E-state index in [0.717, 1.165) is 24.2 Å². The van der Waals surface area contributed by atoms with E-state index in [4.69, 9.17) is 15.3 Å². The molecular weight excluding hydrogens is 228 g/mol. The average Bonchev–Trinajstić information content (AvgIpc) is 2.40. The van der Waals surface area contributed by atoms with Crippen LogP contribution in [0, 0.1) is 0 Å². The van der Waals surface area contributed by atoms with E-state index in [2.05, 4.69) is 12.3 Å². The van der Waals surface area contributed by atoms with E-state index < -0.39 is 0 Å². The van der Waals surface area contributed by atoms with Crippen molar-refractivity contribution in [3.8, 4) is 5.75 Å². The van der Waals surface area contributed by atoms with Crippen LogP contribution in [-0.2, 0) is 4.74 Å². The van der Waals surface area contributed by atoms with E-state index in [0.29, 0.717) is 6.61 Å². The predicted molar refractivity (Wildman–Crippen MR) is 73.4 cm³/mol. The minimum Gasteiger partial charge on any atom is -0.494 e. The second kappa shape index (κ2) is 8.08. The van der Waals surface area contributed by atoms with Crippen LogP contribution in [0.15, 0.2) is 24.3 Å². The summed E-state index contributed by atoms with van der Waals surface area (Å²) in [6.07, 6.45) is 2.04. The van der Waals surface area contributed by atoms with Crippen LogP contribution in [0.2, 0.25) is 0 Å². The van der Waals surface area contributed by atoms with Crippen molar-refractivity contribution in [3.05, 3.63) is 29.8 Å². The molecule has 0 saturated carbocycles. The van der Waals surface area contributed by atoms with Gasteiger partial charge in [0.1, 0.15) is 5.75 Å². The Balaban J connectivity index is 2.99. The van der Waals surface area contributed by atoms with Gasteiger partial charge in [-0.1, -0.05) is 31.5 Å². The molecule has 0 saturated heterocycles. The van der Waals surface area contributed by atoms with Gasteiger partial charge in [0.2, 0.25) is 0 Å². The highest BCUT2D eigenvalue weighted by molar-refractivity contribution is 5.36. The van der Waals surface area contributed by atoms with Crippen LogP contribution in [0.5, 0.6) is 5.75 Å². The Morgan fingerprint density at radius 1 is 1.28 bits per heavy atom. The van der Waals surface area contributed by atoms with Crippen molar-refractivity contribution in [1.82, 2.24) is 5.43 Å². The van der Waals surface area contributed by atoms with Crippen molar-refractivity contribution >= 4 is 0 Å². The van der Waals surface area contributed by atoms with E-state index in [9.17, 15) is 0 Å². The number of hydrogen-bond donors (Lipinski definition) is 2. The average molecular weight is 252 g/mol. The molecule has 0 aliphatic heterocycles. The lowest BCUT2D eigenvalue weighted by atomic mass is 9.98. The summed E-state index contributed by atoms with van der Waals surface area (Å²) in [6, 6.07) is 7.88. The minimum atomic E-state index is -0.0577. The first-order valence-electron chi connectivity index (χ1n) is 6.49. The van der Waals surface area contributed by atoms with Gasteiger partial charge in [0.25, 0.3) is 0 Å². The Hall–Kier alpha value is -1.10. The summed E-state index contributed by atoms with van der Waals surface area (Å²) < 4.78 is 11.2. The number of para-hydroxylation sites is 1. The van der Waals surface area contributed by atoms with Crippen molar-refractivity contribution in [1.29, 1.82) is 0 Å². The van der Waals surface area contributed by atoms with Gasteiger partial charge in [-0.2, -0.15) is 0 Å². The molecule has 0 bridgehead atoms. The van der Waals surface area contributed by atoms with E-state index in [1.807, 2.05) is 31.2 Å². The molecule has 3 N–H and O–H groups in total. The first-order chi connectivity index (χ1) is 8.78. The zero-order valence-electron chi connectivity index (χ0n) is 11.5. The van der Waals surface area contributed by atoms with E-state index in [-0.39, 0.29) is 12.1 Å². The molecule has 4 nitrogen and oxygen atoms in total. The van der Waals surface area contributed by atoms with Gasteiger partial charge < -0.3 is 9.47 Å². The van der Waals surface area contributed by atoms with E-state index in [1.165, 1.54) is 0 Å². The number of methoxy groups -OCH3 is 1. The molecule has 1 rings (SSSR count). The summed E-state index contributed by atoms with van der Waals surface area (Å²) in [5.41, 5.74) is 3.89. The second-order valence-corrected chi connectivity index (χ2v) is 4.18. The van der Waals surface area contributed by atoms with Crippen molar-refractivity contribution in [3.63, 3.8) is 0 Å². The fourth-order valence-corrected chi connectivity index (χ4v) is 2.13. The Kier molecular flexibility index (Phi) is 6.72. The molecule has 0 radical (unpaired) electrons. The number of rotatable bonds is 8. The van der Waals surface area contributed by atoms with Gasteiger partial charge >= 0.3 is 0 Å². The minimum absolute atomic E-state index is 0.0432. The fraction of sp³-hybridized carbons (Fsp3) is 0.571. The molecule has 4 heteroatoms. The van der Waals surface area contributed by atoms with Gasteiger partial charge in [0.05, 0.1) is 18.8 Å². The van der Waals surface area contributed by atoms with Gasteiger partial charge in [-0.3, -0.25) is 11.3 Å². The van der Waals surface area contributed by atoms with Gasteiger partial charge in [-0.25, -0.2) is 0 Å². The maximum Gasteiger partial charge on any atom is 0.124 e. The first kappa shape index (κ1) is 15.0. The van der Waals surface area contributed by atoms with Gasteiger partial charge in [-0.05, 0) is 19.4 Å². The standard InChI is InChI=1S/C14H24N2O2/c1-4-8-13(17-3)14(16-15)11-9-6-7-10-12(11)18-5-2/h6-7,9-10,13-14,16H,4-5,8,15H2,1-3H3. The lowest BCUT2D eigenvalue weighted by Gasteiger charge is -2.27. The second-order valence-electron chi connectivity index (χ2n) is 4.18. The monoisotopic (exact) mass is 252 g/mol. The van der Waals surface area contributed by atoms with Gasteiger partial charge in [0.15, 0.2) is 0 Å². The highest BCUT2D eigenvalue weighted by Crippen LogP contribution is 2.29. The van der Waals surface area contributed by atoms with Crippen LogP contribution in [0.3, 0.4) is 0 Å². The highest BCUT2D eigenvalue weighted by Gasteiger charge is 2.23. The normalized spacial score (nSPS) is 14.2. The molecule has 18 heavy (non-hydrogen) atoms. The number of hydrogen-bond acceptors (Lipinski definition) is 4. The highest BCUT2D eigenvalue weighted by atomic mass is 16.5. The largest absolute Gasteiger partial charge is 0.494 e. The Bertz CT molecular complexity index is 344. The third kappa shape index (κ3) is 3.70. The summed E-state index contributed by atoms with van der Waals surface area (Å²) in [7, 11) is 1.72. The number of hydrazine groups is 1. The molecule has 2 unspecified atom stereocenters. The molecule has 1 aromatic carbocycles. The molecule has 0 fully saturated rings. The predicted octanol–water partition coefficient (Wildman–Crippen LogP) is 2.40. The summed E-state index contributed by atoms with van der Waals surface area (Å²) in [5, 5.41) is 0. The number of ether oxygens (including phenoxy) is 2. The van der Waals surface area contributed by atoms with Crippen molar-refractivity contribution in [2.75, 3.05) is 13.7 Å². The smallest absolute Gasteiger partial charge is 0.124 e. The van der Waals surface area contributed by atoms with Crippen LogP contribution in [0.4, 0.5) is 0 Å². The summed E-state index contributed by atoms with van der Waals surface area (Å²) in [5.74, 6) is 6.55. The van der Waals surface area contributed by atoms with Crippen LogP contribution in [0.1, 0.15) is 38.3 Å². The number of nitrogens with one attached hydrogen (secondary N) is 1. The van der Waals surface area contributed by atoms with Crippen LogP contribution < -0.4 is 16.0 Å². The third-order valence-corrected chi connectivity index (χ3v) is 2.98. The van der Waals surface area contributed by atoms with Crippen LogP contribution in [0.25, 0.3) is 0 Å².